The van der Waals surface area contributed by atoms with Gasteiger partial charge in [-0.05, 0) is 19.4 Å². The Kier molecular flexibility index (Phi) is 6.20. The van der Waals surface area contributed by atoms with Gasteiger partial charge in [0.1, 0.15) is 11.4 Å². The van der Waals surface area contributed by atoms with Crippen LogP contribution in [0.2, 0.25) is 0 Å². The fraction of sp³-hybridized carbons (Fsp3) is 0.438. The maximum absolute atomic E-state index is 12.2. The van der Waals surface area contributed by atoms with E-state index in [0.717, 1.165) is 5.56 Å². The van der Waals surface area contributed by atoms with Crippen LogP contribution in [0.3, 0.4) is 0 Å². The number of carbonyl (C=O) groups is 3. The van der Waals surface area contributed by atoms with Crippen molar-refractivity contribution in [1.29, 1.82) is 0 Å². The van der Waals surface area contributed by atoms with Crippen LogP contribution in [0.25, 0.3) is 0 Å². The molecular formula is C16H17KN2O4S. The zero-order chi connectivity index (χ0) is 16.8. The summed E-state index contributed by atoms with van der Waals surface area (Å²) < 4.78 is -0.641. The van der Waals surface area contributed by atoms with Gasteiger partial charge in [-0.25, -0.2) is 0 Å². The molecule has 2 amide bonds. The van der Waals surface area contributed by atoms with E-state index in [0.29, 0.717) is 0 Å². The molecule has 0 aromatic heterocycles. The molecule has 0 radical (unpaired) electrons. The SMILES string of the molecule is CC1(C)S[C@@H]2C(NC(=O)Cc3ccccc3)C(=O)N2[C@H]1C(=O)[O-].[K+]. The Bertz CT molecular complexity index is 667. The van der Waals surface area contributed by atoms with Crippen LogP contribution in [0.1, 0.15) is 19.4 Å². The Labute approximate surface area is 187 Å². The third kappa shape index (κ3) is 3.59. The van der Waals surface area contributed by atoms with Gasteiger partial charge in [0.05, 0.1) is 18.4 Å². The Morgan fingerprint density at radius 3 is 2.50 bits per heavy atom. The number of nitrogens with zero attached hydrogens (tertiary/aromatic N) is 1. The Balaban J connectivity index is 0.00000208. The number of carboxylic acid groups (broad SMARTS) is 1. The van der Waals surface area contributed by atoms with E-state index in [1.165, 1.54) is 16.7 Å². The maximum atomic E-state index is 12.2. The molecule has 3 rings (SSSR count). The number of nitrogens with one attached hydrogen (secondary N) is 1. The third-order valence-corrected chi connectivity index (χ3v) is 5.76. The van der Waals surface area contributed by atoms with Gasteiger partial charge in [0.15, 0.2) is 0 Å². The van der Waals surface area contributed by atoms with Crippen molar-refractivity contribution < 1.29 is 70.9 Å². The molecule has 6 nitrogen and oxygen atoms in total. The summed E-state index contributed by atoms with van der Waals surface area (Å²) in [5.41, 5.74) is 0.862. The minimum atomic E-state index is -1.26. The van der Waals surface area contributed by atoms with Crippen LogP contribution in [-0.2, 0) is 20.8 Å². The summed E-state index contributed by atoms with van der Waals surface area (Å²) in [5.74, 6) is -1.86. The number of thioether (sulfide) groups is 1. The van der Waals surface area contributed by atoms with Gasteiger partial charge in [-0.2, -0.15) is 0 Å². The molecule has 122 valence electrons. The summed E-state index contributed by atoms with van der Waals surface area (Å²) in [7, 11) is 0. The Hall–Kier alpha value is -0.384. The number of hydrogen-bond acceptors (Lipinski definition) is 5. The van der Waals surface area contributed by atoms with Gasteiger partial charge in [-0.15, -0.1) is 11.8 Å². The van der Waals surface area contributed by atoms with E-state index in [4.69, 9.17) is 0 Å². The smallest absolute Gasteiger partial charge is 0.548 e. The van der Waals surface area contributed by atoms with Gasteiger partial charge >= 0.3 is 51.4 Å². The summed E-state index contributed by atoms with van der Waals surface area (Å²) in [6.07, 6.45) is 0.190. The molecule has 1 aromatic rings. The van der Waals surface area contributed by atoms with Crippen LogP contribution in [-0.4, -0.2) is 44.9 Å². The predicted octanol–water partition coefficient (Wildman–Crippen LogP) is -3.47. The minimum Gasteiger partial charge on any atom is -0.548 e. The van der Waals surface area contributed by atoms with Crippen LogP contribution in [0, 0.1) is 0 Å². The monoisotopic (exact) mass is 372 g/mol. The number of fused-ring (bicyclic) bond motifs is 1. The van der Waals surface area contributed by atoms with E-state index >= 15 is 0 Å². The number of carboxylic acids is 1. The molecule has 0 aliphatic carbocycles. The largest absolute Gasteiger partial charge is 1.00 e. The van der Waals surface area contributed by atoms with Crippen LogP contribution in [0.15, 0.2) is 30.3 Å². The number of carbonyl (C=O) groups excluding carboxylic acids is 3. The molecular weight excluding hydrogens is 355 g/mol. The molecule has 0 saturated carbocycles. The zero-order valence-electron chi connectivity index (χ0n) is 13.8. The summed E-state index contributed by atoms with van der Waals surface area (Å²) in [5, 5.41) is 13.7. The second-order valence-corrected chi connectivity index (χ2v) is 8.06. The molecule has 1 unspecified atom stereocenters. The van der Waals surface area contributed by atoms with E-state index < -0.39 is 22.8 Å². The molecule has 24 heavy (non-hydrogen) atoms. The number of hydrogen-bond donors (Lipinski definition) is 1. The molecule has 2 saturated heterocycles. The fourth-order valence-corrected chi connectivity index (χ4v) is 4.75. The quantitative estimate of drug-likeness (QED) is 0.438. The normalized spacial score (nSPS) is 26.8. The van der Waals surface area contributed by atoms with Crippen molar-refractivity contribution in [3.63, 3.8) is 0 Å². The number of rotatable bonds is 4. The summed E-state index contributed by atoms with van der Waals surface area (Å²) in [6, 6.07) is 7.61. The van der Waals surface area contributed by atoms with Gasteiger partial charge in [0.2, 0.25) is 11.8 Å². The first-order valence-corrected chi connectivity index (χ1v) is 8.23. The molecule has 1 aromatic carbocycles. The first-order chi connectivity index (χ1) is 10.8. The molecule has 0 spiro atoms. The van der Waals surface area contributed by atoms with Crippen molar-refractivity contribution in [2.24, 2.45) is 0 Å². The van der Waals surface area contributed by atoms with Gasteiger partial charge in [0.25, 0.3) is 0 Å². The zero-order valence-corrected chi connectivity index (χ0v) is 17.8. The molecule has 2 fully saturated rings. The number of benzene rings is 1. The molecule has 1 N–H and O–H groups in total. The standard InChI is InChI=1S/C16H18N2O4S.K/c1-16(2)12(15(21)22)18-13(20)11(14(18)23-16)17-10(19)8-9-6-4-3-5-7-9;/h3-7,11-12,14H,8H2,1-2H3,(H,17,19)(H,21,22);/q;+1/p-1/t11?,12-,14+;/m0./s1. The van der Waals surface area contributed by atoms with Crippen molar-refractivity contribution in [3.8, 4) is 0 Å². The van der Waals surface area contributed by atoms with Crippen molar-refractivity contribution in [3.05, 3.63) is 35.9 Å². The number of β-lactam (4-membered cyclic amide) rings is 1. The Morgan fingerprint density at radius 1 is 1.29 bits per heavy atom. The second-order valence-electron chi connectivity index (χ2n) is 6.29. The van der Waals surface area contributed by atoms with Gasteiger partial charge in [-0.1, -0.05) is 30.3 Å². The molecule has 3 atom stereocenters. The summed E-state index contributed by atoms with van der Waals surface area (Å²) in [4.78, 5) is 37.0. The summed E-state index contributed by atoms with van der Waals surface area (Å²) >= 11 is 1.38. The number of amides is 2. The van der Waals surface area contributed by atoms with Crippen LogP contribution in [0.5, 0.6) is 0 Å². The van der Waals surface area contributed by atoms with Crippen molar-refractivity contribution in [2.75, 3.05) is 0 Å². The Morgan fingerprint density at radius 2 is 1.92 bits per heavy atom. The van der Waals surface area contributed by atoms with E-state index in [9.17, 15) is 19.5 Å². The van der Waals surface area contributed by atoms with E-state index in [-0.39, 0.29) is 75.0 Å². The van der Waals surface area contributed by atoms with Crippen molar-refractivity contribution in [1.82, 2.24) is 10.2 Å². The molecule has 8 heteroatoms. The fourth-order valence-electron chi connectivity index (χ4n) is 3.13. The molecule has 2 aliphatic rings. The van der Waals surface area contributed by atoms with Gasteiger partial charge < -0.3 is 20.1 Å². The third-order valence-electron chi connectivity index (χ3n) is 4.19. The molecule has 0 bridgehead atoms. The van der Waals surface area contributed by atoms with E-state index in [1.54, 1.807) is 13.8 Å². The van der Waals surface area contributed by atoms with Gasteiger partial charge in [0, 0.05) is 4.75 Å². The molecule has 2 aliphatic heterocycles. The average Bonchev–Trinajstić information content (AvgIpc) is 2.74. The topological polar surface area (TPSA) is 89.5 Å². The summed E-state index contributed by atoms with van der Waals surface area (Å²) in [6.45, 7) is 3.54. The van der Waals surface area contributed by atoms with Crippen LogP contribution in [0.4, 0.5) is 0 Å². The van der Waals surface area contributed by atoms with Gasteiger partial charge in [-0.3, -0.25) is 9.59 Å². The van der Waals surface area contributed by atoms with E-state index in [1.807, 2.05) is 30.3 Å². The van der Waals surface area contributed by atoms with Crippen LogP contribution < -0.4 is 61.8 Å². The predicted molar refractivity (Wildman–Crippen MR) is 83.2 cm³/mol. The van der Waals surface area contributed by atoms with Crippen molar-refractivity contribution >= 4 is 29.5 Å². The van der Waals surface area contributed by atoms with Crippen molar-refractivity contribution in [2.45, 2.75) is 42.5 Å². The average molecular weight is 372 g/mol. The maximum Gasteiger partial charge on any atom is 1.00 e. The van der Waals surface area contributed by atoms with Crippen LogP contribution >= 0.6 is 11.8 Å². The first kappa shape index (κ1) is 19.9. The number of aliphatic carboxylic acids is 1. The minimum absolute atomic E-state index is 0. The first-order valence-electron chi connectivity index (χ1n) is 7.35. The second kappa shape index (κ2) is 7.47. The van der Waals surface area contributed by atoms with E-state index in [2.05, 4.69) is 5.32 Å². The molecule has 2 heterocycles.